The molecule has 2 aliphatic heterocycles. The second kappa shape index (κ2) is 9.76. The van der Waals surface area contributed by atoms with Crippen LogP contribution in [-0.2, 0) is 16.1 Å². The van der Waals surface area contributed by atoms with Gasteiger partial charge < -0.3 is 15.1 Å². The molecular formula is C29H30N4O2. The molecule has 1 N–H and O–H groups in total. The molecule has 1 saturated heterocycles. The van der Waals surface area contributed by atoms with E-state index in [4.69, 9.17) is 0 Å². The van der Waals surface area contributed by atoms with Crippen molar-refractivity contribution in [2.24, 2.45) is 0 Å². The quantitative estimate of drug-likeness (QED) is 0.554. The second-order valence-corrected chi connectivity index (χ2v) is 9.26. The normalized spacial score (nSPS) is 16.9. The van der Waals surface area contributed by atoms with E-state index in [1.807, 2.05) is 73.7 Å². The summed E-state index contributed by atoms with van der Waals surface area (Å²) >= 11 is 0. The molecular weight excluding hydrogens is 436 g/mol. The average molecular weight is 467 g/mol. The van der Waals surface area contributed by atoms with E-state index < -0.39 is 0 Å². The Morgan fingerprint density at radius 1 is 0.771 bits per heavy atom. The van der Waals surface area contributed by atoms with Crippen LogP contribution < -0.4 is 10.2 Å². The first kappa shape index (κ1) is 22.9. The molecule has 0 saturated carbocycles. The molecule has 2 aliphatic rings. The Balaban J connectivity index is 1.43. The summed E-state index contributed by atoms with van der Waals surface area (Å²) in [5, 5.41) is 3.28. The maximum Gasteiger partial charge on any atom is 0.278 e. The lowest BCUT2D eigenvalue weighted by molar-refractivity contribution is -0.137. The van der Waals surface area contributed by atoms with Gasteiger partial charge >= 0.3 is 0 Å². The summed E-state index contributed by atoms with van der Waals surface area (Å²) in [5.41, 5.74) is 5.43. The maximum atomic E-state index is 13.5. The number of nitrogens with zero attached hydrogens (tertiary/aromatic N) is 3. The molecule has 5 rings (SSSR count). The Morgan fingerprint density at radius 2 is 1.43 bits per heavy atom. The minimum atomic E-state index is -0.308. The Morgan fingerprint density at radius 3 is 2.09 bits per heavy atom. The van der Waals surface area contributed by atoms with E-state index in [1.54, 1.807) is 0 Å². The van der Waals surface area contributed by atoms with Gasteiger partial charge in [-0.15, -0.1) is 0 Å². The summed E-state index contributed by atoms with van der Waals surface area (Å²) in [7, 11) is 2.14. The summed E-state index contributed by atoms with van der Waals surface area (Å²) < 4.78 is 0. The van der Waals surface area contributed by atoms with Crippen molar-refractivity contribution in [2.75, 3.05) is 43.4 Å². The average Bonchev–Trinajstić information content (AvgIpc) is 3.10. The summed E-state index contributed by atoms with van der Waals surface area (Å²) in [6.45, 7) is 6.31. The number of benzene rings is 3. The van der Waals surface area contributed by atoms with E-state index in [-0.39, 0.29) is 18.4 Å². The van der Waals surface area contributed by atoms with Crippen LogP contribution in [0.5, 0.6) is 0 Å². The largest absolute Gasteiger partial charge is 0.369 e. The molecule has 35 heavy (non-hydrogen) atoms. The number of imide groups is 1. The standard InChI is InChI=1S/C29H30N4O2/c1-21-8-10-23(11-9-21)26-27(29(35)33(28(26)34)20-22-6-4-3-5-7-22)30-24-12-14-25(15-13-24)32-18-16-31(2)17-19-32/h3-15,30H,16-20H2,1-2H3. The minimum absolute atomic E-state index is 0.237. The second-order valence-electron chi connectivity index (χ2n) is 9.26. The Hall–Kier alpha value is -3.90. The summed E-state index contributed by atoms with van der Waals surface area (Å²) in [6, 6.07) is 25.4. The van der Waals surface area contributed by atoms with E-state index in [0.29, 0.717) is 11.3 Å². The summed E-state index contributed by atoms with van der Waals surface area (Å²) in [5.74, 6) is -0.586. The Bertz CT molecular complexity index is 1240. The molecule has 2 amide bonds. The van der Waals surface area contributed by atoms with Crippen LogP contribution in [0.15, 0.2) is 84.6 Å². The van der Waals surface area contributed by atoms with Crippen LogP contribution in [-0.4, -0.2) is 54.8 Å². The predicted octanol–water partition coefficient (Wildman–Crippen LogP) is 4.14. The highest BCUT2D eigenvalue weighted by Crippen LogP contribution is 2.32. The number of amides is 2. The van der Waals surface area contributed by atoms with Crippen molar-refractivity contribution in [1.29, 1.82) is 0 Å². The molecule has 0 aliphatic carbocycles. The van der Waals surface area contributed by atoms with Gasteiger partial charge in [0.2, 0.25) is 0 Å². The van der Waals surface area contributed by atoms with Crippen LogP contribution in [0.4, 0.5) is 11.4 Å². The highest BCUT2D eigenvalue weighted by atomic mass is 16.2. The lowest BCUT2D eigenvalue weighted by Crippen LogP contribution is -2.44. The molecule has 0 bridgehead atoms. The first-order chi connectivity index (χ1) is 17.0. The molecule has 0 aromatic heterocycles. The summed E-state index contributed by atoms with van der Waals surface area (Å²) in [6.07, 6.45) is 0. The molecule has 0 spiro atoms. The smallest absolute Gasteiger partial charge is 0.278 e. The first-order valence-electron chi connectivity index (χ1n) is 12.0. The molecule has 6 heteroatoms. The van der Waals surface area contributed by atoms with Crippen molar-refractivity contribution in [3.8, 4) is 0 Å². The van der Waals surface area contributed by atoms with Crippen molar-refractivity contribution in [3.63, 3.8) is 0 Å². The van der Waals surface area contributed by atoms with Gasteiger partial charge in [0.15, 0.2) is 0 Å². The molecule has 0 atom stereocenters. The number of aryl methyl sites for hydroxylation is 1. The molecule has 0 unspecified atom stereocenters. The third-order valence-corrected chi connectivity index (χ3v) is 6.70. The summed E-state index contributed by atoms with van der Waals surface area (Å²) in [4.78, 5) is 33.0. The highest BCUT2D eigenvalue weighted by molar-refractivity contribution is 6.36. The van der Waals surface area contributed by atoms with E-state index in [0.717, 1.165) is 54.2 Å². The van der Waals surface area contributed by atoms with Crippen LogP contribution in [0.1, 0.15) is 16.7 Å². The molecule has 178 valence electrons. The zero-order chi connectivity index (χ0) is 24.4. The van der Waals surface area contributed by atoms with Crippen molar-refractivity contribution in [1.82, 2.24) is 9.80 Å². The van der Waals surface area contributed by atoms with E-state index in [2.05, 4.69) is 34.3 Å². The highest BCUT2D eigenvalue weighted by Gasteiger charge is 2.39. The van der Waals surface area contributed by atoms with Crippen molar-refractivity contribution < 1.29 is 9.59 Å². The zero-order valence-corrected chi connectivity index (χ0v) is 20.2. The minimum Gasteiger partial charge on any atom is -0.369 e. The number of rotatable bonds is 6. The zero-order valence-electron chi connectivity index (χ0n) is 20.2. The molecule has 6 nitrogen and oxygen atoms in total. The monoisotopic (exact) mass is 466 g/mol. The van der Waals surface area contributed by atoms with Gasteiger partial charge in [-0.3, -0.25) is 14.5 Å². The van der Waals surface area contributed by atoms with Crippen LogP contribution in [0, 0.1) is 6.92 Å². The Labute approximate surface area is 206 Å². The third-order valence-electron chi connectivity index (χ3n) is 6.70. The Kier molecular flexibility index (Phi) is 6.38. The van der Waals surface area contributed by atoms with E-state index in [9.17, 15) is 9.59 Å². The molecule has 3 aromatic rings. The number of likely N-dealkylation sites (N-methyl/N-ethyl adjacent to an activating group) is 1. The van der Waals surface area contributed by atoms with Crippen molar-refractivity contribution in [3.05, 3.63) is 101 Å². The molecule has 0 radical (unpaired) electrons. The van der Waals surface area contributed by atoms with Gasteiger partial charge in [-0.25, -0.2) is 0 Å². The van der Waals surface area contributed by atoms with Gasteiger partial charge in [0, 0.05) is 37.6 Å². The van der Waals surface area contributed by atoms with Gasteiger partial charge in [0.1, 0.15) is 5.70 Å². The lowest BCUT2D eigenvalue weighted by Gasteiger charge is -2.34. The number of hydrogen-bond donors (Lipinski definition) is 1. The third kappa shape index (κ3) is 4.84. The van der Waals surface area contributed by atoms with Crippen molar-refractivity contribution >= 4 is 28.8 Å². The topological polar surface area (TPSA) is 55.9 Å². The number of carbonyl (C=O) groups is 2. The maximum absolute atomic E-state index is 13.5. The van der Waals surface area contributed by atoms with Gasteiger partial charge in [-0.2, -0.15) is 0 Å². The molecule has 2 heterocycles. The van der Waals surface area contributed by atoms with Crippen LogP contribution in [0.3, 0.4) is 0 Å². The lowest BCUT2D eigenvalue weighted by atomic mass is 10.0. The molecule has 3 aromatic carbocycles. The van der Waals surface area contributed by atoms with Gasteiger partial charge in [-0.05, 0) is 49.4 Å². The fourth-order valence-corrected chi connectivity index (χ4v) is 4.55. The van der Waals surface area contributed by atoms with E-state index >= 15 is 0 Å². The van der Waals surface area contributed by atoms with Crippen LogP contribution >= 0.6 is 0 Å². The van der Waals surface area contributed by atoms with Crippen LogP contribution in [0.2, 0.25) is 0 Å². The number of carbonyl (C=O) groups excluding carboxylic acids is 2. The molecule has 1 fully saturated rings. The van der Waals surface area contributed by atoms with Gasteiger partial charge in [0.25, 0.3) is 11.8 Å². The van der Waals surface area contributed by atoms with E-state index in [1.165, 1.54) is 4.90 Å². The fourth-order valence-electron chi connectivity index (χ4n) is 4.55. The number of hydrogen-bond acceptors (Lipinski definition) is 5. The predicted molar refractivity (Wildman–Crippen MR) is 140 cm³/mol. The number of anilines is 2. The first-order valence-corrected chi connectivity index (χ1v) is 12.0. The number of nitrogens with one attached hydrogen (secondary N) is 1. The van der Waals surface area contributed by atoms with Gasteiger partial charge in [0.05, 0.1) is 12.1 Å². The van der Waals surface area contributed by atoms with Crippen LogP contribution in [0.25, 0.3) is 5.57 Å². The van der Waals surface area contributed by atoms with Crippen molar-refractivity contribution in [2.45, 2.75) is 13.5 Å². The number of piperazine rings is 1. The SMILES string of the molecule is Cc1ccc(C2=C(Nc3ccc(N4CCN(C)CC4)cc3)C(=O)N(Cc3ccccc3)C2=O)cc1. The fraction of sp³-hybridized carbons (Fsp3) is 0.241. The van der Waals surface area contributed by atoms with Gasteiger partial charge in [-0.1, -0.05) is 60.2 Å².